The molecule has 0 aliphatic rings. The maximum atomic E-state index is 10.6. The first kappa shape index (κ1) is 12.0. The van der Waals surface area contributed by atoms with Crippen LogP contribution in [0, 0.1) is 0 Å². The first-order valence-corrected chi connectivity index (χ1v) is 4.70. The van der Waals surface area contributed by atoms with Gasteiger partial charge in [-0.3, -0.25) is 4.79 Å². The Hall–Kier alpha value is -2.04. The molecule has 0 fully saturated rings. The summed E-state index contributed by atoms with van der Waals surface area (Å²) in [5, 5.41) is 17.3. The molecule has 1 rings (SSSR count). The third-order valence-corrected chi connectivity index (χ3v) is 1.97. The second-order valence-corrected chi connectivity index (χ2v) is 3.28. The monoisotopic (exact) mass is 224 g/mol. The van der Waals surface area contributed by atoms with Crippen molar-refractivity contribution in [2.24, 2.45) is 0 Å². The zero-order valence-corrected chi connectivity index (χ0v) is 8.71. The number of rotatable bonds is 5. The molecule has 0 aromatic heterocycles. The van der Waals surface area contributed by atoms with Crippen molar-refractivity contribution in [1.82, 2.24) is 0 Å². The molecule has 0 aliphatic carbocycles. The molecule has 86 valence electrons. The van der Waals surface area contributed by atoms with Gasteiger partial charge in [-0.2, -0.15) is 0 Å². The van der Waals surface area contributed by atoms with Crippen molar-refractivity contribution in [3.05, 3.63) is 29.8 Å². The molecular formula is C11H12O5. The molecule has 0 heterocycles. The van der Waals surface area contributed by atoms with E-state index in [0.717, 1.165) is 0 Å². The van der Waals surface area contributed by atoms with Crippen molar-refractivity contribution in [1.29, 1.82) is 0 Å². The van der Waals surface area contributed by atoms with Crippen molar-refractivity contribution < 1.29 is 24.5 Å². The van der Waals surface area contributed by atoms with Crippen molar-refractivity contribution in [2.75, 3.05) is 0 Å². The predicted octanol–water partition coefficient (Wildman–Crippen LogP) is 1.17. The minimum atomic E-state index is -1.09. The summed E-state index contributed by atoms with van der Waals surface area (Å²) in [5.41, 5.74) is 0.461. The minimum Gasteiger partial charge on any atom is -0.481 e. The van der Waals surface area contributed by atoms with E-state index in [1.54, 1.807) is 24.3 Å². The SMILES string of the molecule is CC(Oc1ccccc1CC(=O)O)C(=O)O. The molecule has 1 aromatic rings. The molecule has 0 radical (unpaired) electrons. The van der Waals surface area contributed by atoms with Gasteiger partial charge in [0.05, 0.1) is 6.42 Å². The Morgan fingerprint density at radius 1 is 1.31 bits per heavy atom. The molecule has 5 nitrogen and oxygen atoms in total. The molecule has 0 spiro atoms. The quantitative estimate of drug-likeness (QED) is 0.784. The fourth-order valence-electron chi connectivity index (χ4n) is 1.17. The van der Waals surface area contributed by atoms with E-state index in [1.165, 1.54) is 6.92 Å². The van der Waals surface area contributed by atoms with E-state index < -0.39 is 18.0 Å². The van der Waals surface area contributed by atoms with E-state index >= 15 is 0 Å². The van der Waals surface area contributed by atoms with E-state index in [2.05, 4.69) is 0 Å². The van der Waals surface area contributed by atoms with Gasteiger partial charge in [-0.15, -0.1) is 0 Å². The zero-order chi connectivity index (χ0) is 12.1. The summed E-state index contributed by atoms with van der Waals surface area (Å²) in [6.07, 6.45) is -1.20. The number of hydrogen-bond donors (Lipinski definition) is 2. The molecule has 0 saturated carbocycles. The van der Waals surface area contributed by atoms with Crippen molar-refractivity contribution in [3.8, 4) is 5.75 Å². The number of carbonyl (C=O) groups is 2. The minimum absolute atomic E-state index is 0.192. The van der Waals surface area contributed by atoms with Gasteiger partial charge >= 0.3 is 11.9 Å². The number of hydrogen-bond acceptors (Lipinski definition) is 3. The van der Waals surface area contributed by atoms with Crippen LogP contribution in [0.5, 0.6) is 5.75 Å². The highest BCUT2D eigenvalue weighted by Gasteiger charge is 2.15. The van der Waals surface area contributed by atoms with E-state index in [0.29, 0.717) is 11.3 Å². The lowest BCUT2D eigenvalue weighted by molar-refractivity contribution is -0.144. The average Bonchev–Trinajstić information content (AvgIpc) is 2.20. The summed E-state index contributed by atoms with van der Waals surface area (Å²) < 4.78 is 5.14. The normalized spacial score (nSPS) is 11.8. The molecule has 5 heteroatoms. The number of ether oxygens (including phenoxy) is 1. The summed E-state index contributed by atoms with van der Waals surface area (Å²) in [5.74, 6) is -1.79. The Balaban J connectivity index is 2.86. The van der Waals surface area contributed by atoms with Crippen molar-refractivity contribution in [2.45, 2.75) is 19.4 Å². The Morgan fingerprint density at radius 2 is 1.94 bits per heavy atom. The van der Waals surface area contributed by atoms with E-state index in [4.69, 9.17) is 14.9 Å². The van der Waals surface area contributed by atoms with Crippen LogP contribution in [0.2, 0.25) is 0 Å². The smallest absolute Gasteiger partial charge is 0.344 e. The fourth-order valence-corrected chi connectivity index (χ4v) is 1.17. The van der Waals surface area contributed by atoms with Crippen LogP contribution >= 0.6 is 0 Å². The molecule has 0 saturated heterocycles. The van der Waals surface area contributed by atoms with Crippen LogP contribution in [0.1, 0.15) is 12.5 Å². The van der Waals surface area contributed by atoms with Gasteiger partial charge in [0.1, 0.15) is 5.75 Å². The van der Waals surface area contributed by atoms with Gasteiger partial charge in [0, 0.05) is 5.56 Å². The van der Waals surface area contributed by atoms with Gasteiger partial charge in [0.2, 0.25) is 0 Å². The van der Waals surface area contributed by atoms with Crippen LogP contribution < -0.4 is 4.74 Å². The number of aliphatic carboxylic acids is 2. The number of carboxylic acids is 2. The van der Waals surface area contributed by atoms with Crippen LogP contribution in [-0.4, -0.2) is 28.3 Å². The van der Waals surface area contributed by atoms with E-state index in [9.17, 15) is 9.59 Å². The van der Waals surface area contributed by atoms with Crippen molar-refractivity contribution >= 4 is 11.9 Å². The van der Waals surface area contributed by atoms with Crippen LogP contribution in [0.3, 0.4) is 0 Å². The molecule has 16 heavy (non-hydrogen) atoms. The molecule has 2 N–H and O–H groups in total. The second kappa shape index (κ2) is 5.16. The summed E-state index contributed by atoms with van der Waals surface area (Å²) in [6, 6.07) is 6.49. The maximum Gasteiger partial charge on any atom is 0.344 e. The maximum absolute atomic E-state index is 10.6. The van der Waals surface area contributed by atoms with E-state index in [1.807, 2.05) is 0 Å². The van der Waals surface area contributed by atoms with Gasteiger partial charge in [0.25, 0.3) is 0 Å². The number of para-hydroxylation sites is 1. The summed E-state index contributed by atoms with van der Waals surface area (Å²) in [4.78, 5) is 21.2. The number of carboxylic acid groups (broad SMARTS) is 2. The zero-order valence-electron chi connectivity index (χ0n) is 8.71. The molecule has 0 bridgehead atoms. The lowest BCUT2D eigenvalue weighted by Gasteiger charge is -2.13. The first-order chi connectivity index (χ1) is 7.50. The summed E-state index contributed by atoms with van der Waals surface area (Å²) in [7, 11) is 0. The topological polar surface area (TPSA) is 83.8 Å². The predicted molar refractivity (Wildman–Crippen MR) is 55.5 cm³/mol. The van der Waals surface area contributed by atoms with Gasteiger partial charge < -0.3 is 14.9 Å². The Kier molecular flexibility index (Phi) is 3.88. The summed E-state index contributed by atoms with van der Waals surface area (Å²) in [6.45, 7) is 1.39. The first-order valence-electron chi connectivity index (χ1n) is 4.70. The number of benzene rings is 1. The highest BCUT2D eigenvalue weighted by Crippen LogP contribution is 2.19. The third kappa shape index (κ3) is 3.27. The Morgan fingerprint density at radius 3 is 2.50 bits per heavy atom. The largest absolute Gasteiger partial charge is 0.481 e. The Bertz CT molecular complexity index is 399. The average molecular weight is 224 g/mol. The van der Waals surface area contributed by atoms with Crippen LogP contribution in [0.25, 0.3) is 0 Å². The van der Waals surface area contributed by atoms with Gasteiger partial charge in [-0.25, -0.2) is 4.79 Å². The lowest BCUT2D eigenvalue weighted by Crippen LogP contribution is -2.23. The van der Waals surface area contributed by atoms with E-state index in [-0.39, 0.29) is 6.42 Å². The standard InChI is InChI=1S/C11H12O5/c1-7(11(14)15)16-9-5-3-2-4-8(9)6-10(12)13/h2-5,7H,6H2,1H3,(H,12,13)(H,14,15). The molecule has 0 amide bonds. The third-order valence-electron chi connectivity index (χ3n) is 1.97. The molecule has 1 aromatic carbocycles. The highest BCUT2D eigenvalue weighted by atomic mass is 16.5. The molecule has 1 unspecified atom stereocenters. The molecule has 0 aliphatic heterocycles. The van der Waals surface area contributed by atoms with Crippen molar-refractivity contribution in [3.63, 3.8) is 0 Å². The van der Waals surface area contributed by atoms with Crippen LogP contribution in [0.15, 0.2) is 24.3 Å². The van der Waals surface area contributed by atoms with Gasteiger partial charge in [-0.1, -0.05) is 18.2 Å². The molecule has 1 atom stereocenters. The van der Waals surface area contributed by atoms with Crippen LogP contribution in [-0.2, 0) is 16.0 Å². The highest BCUT2D eigenvalue weighted by molar-refractivity contribution is 5.73. The fraction of sp³-hybridized carbons (Fsp3) is 0.273. The van der Waals surface area contributed by atoms with Gasteiger partial charge in [-0.05, 0) is 13.0 Å². The molecular weight excluding hydrogens is 212 g/mol. The van der Waals surface area contributed by atoms with Crippen LogP contribution in [0.4, 0.5) is 0 Å². The van der Waals surface area contributed by atoms with Gasteiger partial charge in [0.15, 0.2) is 6.10 Å². The summed E-state index contributed by atoms with van der Waals surface area (Å²) >= 11 is 0. The lowest BCUT2D eigenvalue weighted by atomic mass is 10.1. The second-order valence-electron chi connectivity index (χ2n) is 3.28. The Labute approximate surface area is 92.3 Å².